The first-order valence-electron chi connectivity index (χ1n) is 11.9. The highest BCUT2D eigenvalue weighted by Gasteiger charge is 2.48. The zero-order valence-corrected chi connectivity index (χ0v) is 23.8. The molecule has 0 amide bonds. The van der Waals surface area contributed by atoms with Gasteiger partial charge >= 0.3 is 0 Å². The smallest absolute Gasteiger partial charge is 0.144 e. The van der Waals surface area contributed by atoms with Crippen LogP contribution in [0.15, 0.2) is 133 Å². The predicted molar refractivity (Wildman–Crippen MR) is 162 cm³/mol. The number of hydrogen-bond acceptors (Lipinski definition) is 1. The van der Waals surface area contributed by atoms with Crippen molar-refractivity contribution in [2.75, 3.05) is 0 Å². The van der Waals surface area contributed by atoms with Gasteiger partial charge in [0.25, 0.3) is 0 Å². The molecule has 0 saturated heterocycles. The molecule has 1 nitrogen and oxygen atoms in total. The third-order valence-electron chi connectivity index (χ3n) is 6.90. The summed E-state index contributed by atoms with van der Waals surface area (Å²) in [6, 6.07) is 48.9. The molecular formula is C33H34Cl2NP. The molecule has 5 aromatic carbocycles. The van der Waals surface area contributed by atoms with Crippen LogP contribution in [-0.2, 0) is 6.42 Å². The van der Waals surface area contributed by atoms with Crippen molar-refractivity contribution >= 4 is 40.9 Å². The largest absolute Gasteiger partial charge is 1.00 e. The van der Waals surface area contributed by atoms with Crippen LogP contribution in [0, 0.1) is 13.8 Å². The van der Waals surface area contributed by atoms with Crippen LogP contribution in [0.1, 0.15) is 22.3 Å². The van der Waals surface area contributed by atoms with E-state index in [1.54, 1.807) is 0 Å². The van der Waals surface area contributed by atoms with E-state index in [0.29, 0.717) is 0 Å². The molecule has 0 aromatic heterocycles. The molecule has 0 aliphatic heterocycles. The summed E-state index contributed by atoms with van der Waals surface area (Å²) in [4.78, 5) is 0. The average Bonchev–Trinajstić information content (AvgIpc) is 2.91. The molecule has 0 unspecified atom stereocenters. The third-order valence-corrected chi connectivity index (χ3v) is 11.3. The Bertz CT molecular complexity index is 1280. The molecule has 0 aliphatic carbocycles. The van der Waals surface area contributed by atoms with Crippen molar-refractivity contribution in [1.82, 2.24) is 6.15 Å². The van der Waals surface area contributed by atoms with Gasteiger partial charge in [0.15, 0.2) is 0 Å². The Morgan fingerprint density at radius 3 is 1.27 bits per heavy atom. The minimum Gasteiger partial charge on any atom is -1.00 e. The first-order valence-corrected chi connectivity index (χ1v) is 13.7. The topological polar surface area (TPSA) is 35.0 Å². The second kappa shape index (κ2) is 13.6. The molecule has 0 saturated carbocycles. The summed E-state index contributed by atoms with van der Waals surface area (Å²) in [5, 5.41) is 5.63. The van der Waals surface area contributed by atoms with Gasteiger partial charge in [-0.05, 0) is 85.0 Å². The van der Waals surface area contributed by atoms with E-state index in [1.165, 1.54) is 43.5 Å². The van der Waals surface area contributed by atoms with Crippen molar-refractivity contribution in [3.05, 3.63) is 156 Å². The molecule has 0 bridgehead atoms. The van der Waals surface area contributed by atoms with E-state index in [-0.39, 0.29) is 31.0 Å². The second-order valence-corrected chi connectivity index (χ2v) is 12.2. The van der Waals surface area contributed by atoms with Crippen LogP contribution < -0.4 is 39.8 Å². The van der Waals surface area contributed by atoms with Gasteiger partial charge < -0.3 is 18.6 Å². The Labute approximate surface area is 234 Å². The van der Waals surface area contributed by atoms with Gasteiger partial charge in [-0.15, -0.1) is 12.4 Å². The first-order chi connectivity index (χ1) is 16.7. The van der Waals surface area contributed by atoms with E-state index < -0.39 is 7.26 Å². The monoisotopic (exact) mass is 545 g/mol. The van der Waals surface area contributed by atoms with Gasteiger partial charge in [-0.1, -0.05) is 91.0 Å². The summed E-state index contributed by atoms with van der Waals surface area (Å²) < 4.78 is 0. The number of rotatable bonds is 6. The lowest BCUT2D eigenvalue weighted by Gasteiger charge is -2.29. The molecule has 37 heavy (non-hydrogen) atoms. The summed E-state index contributed by atoms with van der Waals surface area (Å²) in [5.74, 6) is 0. The van der Waals surface area contributed by atoms with Crippen LogP contribution in [0.3, 0.4) is 0 Å². The van der Waals surface area contributed by atoms with Crippen molar-refractivity contribution in [1.29, 1.82) is 0 Å². The Kier molecular flexibility index (Phi) is 11.1. The van der Waals surface area contributed by atoms with Crippen molar-refractivity contribution in [2.24, 2.45) is 0 Å². The minimum absolute atomic E-state index is 0. The number of hydrogen-bond donors (Lipinski definition) is 1. The van der Waals surface area contributed by atoms with E-state index in [0.717, 1.165) is 6.42 Å². The molecular weight excluding hydrogens is 512 g/mol. The van der Waals surface area contributed by atoms with Crippen molar-refractivity contribution in [2.45, 2.75) is 20.3 Å². The molecule has 0 spiro atoms. The summed E-state index contributed by atoms with van der Waals surface area (Å²) in [7, 11) is -2.07. The fraction of sp³-hybridized carbons (Fsp3) is 0.0909. The molecule has 0 radical (unpaired) electrons. The molecule has 0 atom stereocenters. The zero-order chi connectivity index (χ0) is 23.4. The van der Waals surface area contributed by atoms with Crippen LogP contribution >= 0.6 is 19.7 Å². The molecule has 4 heteroatoms. The zero-order valence-electron chi connectivity index (χ0n) is 21.3. The third kappa shape index (κ3) is 5.82. The number of halogens is 2. The first kappa shape index (κ1) is 30.3. The Balaban J connectivity index is 0.00000160. The van der Waals surface area contributed by atoms with E-state index in [1.807, 2.05) is 0 Å². The average molecular weight is 547 g/mol. The van der Waals surface area contributed by atoms with Crippen LogP contribution in [-0.4, -0.2) is 0 Å². The summed E-state index contributed by atoms with van der Waals surface area (Å²) >= 11 is 0. The normalized spacial score (nSPS) is 10.4. The Morgan fingerprint density at radius 1 is 0.486 bits per heavy atom. The van der Waals surface area contributed by atoms with Crippen LogP contribution in [0.5, 0.6) is 0 Å². The fourth-order valence-electron chi connectivity index (χ4n) is 5.05. The highest BCUT2D eigenvalue weighted by atomic mass is 35.5. The molecule has 0 fully saturated rings. The van der Waals surface area contributed by atoms with Gasteiger partial charge in [0, 0.05) is 0 Å². The second-order valence-electron chi connectivity index (χ2n) is 8.83. The van der Waals surface area contributed by atoms with Crippen molar-refractivity contribution in [3.8, 4) is 0 Å². The maximum atomic E-state index is 2.42. The minimum atomic E-state index is -2.07. The van der Waals surface area contributed by atoms with E-state index in [4.69, 9.17) is 0 Å². The van der Waals surface area contributed by atoms with Gasteiger partial charge in [0.2, 0.25) is 0 Å². The molecule has 190 valence electrons. The van der Waals surface area contributed by atoms with E-state index in [2.05, 4.69) is 147 Å². The quantitative estimate of drug-likeness (QED) is 0.320. The van der Waals surface area contributed by atoms with E-state index in [9.17, 15) is 0 Å². The predicted octanol–water partition coefficient (Wildman–Crippen LogP) is 4.10. The SMILES string of the molecule is Cc1c(Cc2ccccc2)ccc([P+](c2ccccc2)(c2ccccc2)c2ccccc2)c1C.Cl.N.[Cl-]. The highest BCUT2D eigenvalue weighted by molar-refractivity contribution is 8.01. The lowest BCUT2D eigenvalue weighted by Crippen LogP contribution is -3.00. The van der Waals surface area contributed by atoms with Gasteiger partial charge in [0.1, 0.15) is 28.5 Å². The lowest BCUT2D eigenvalue weighted by molar-refractivity contribution is -0.00000729. The Hall–Kier alpha value is -2.93. The fourth-order valence-corrected chi connectivity index (χ4v) is 9.61. The van der Waals surface area contributed by atoms with Gasteiger partial charge in [-0.3, -0.25) is 0 Å². The van der Waals surface area contributed by atoms with Crippen LogP contribution in [0.2, 0.25) is 0 Å². The molecule has 5 aromatic rings. The van der Waals surface area contributed by atoms with Gasteiger partial charge in [0.05, 0.1) is 0 Å². The summed E-state index contributed by atoms with van der Waals surface area (Å²) in [5.41, 5.74) is 5.56. The van der Waals surface area contributed by atoms with Gasteiger partial charge in [-0.25, -0.2) is 0 Å². The van der Waals surface area contributed by atoms with Gasteiger partial charge in [-0.2, -0.15) is 0 Å². The van der Waals surface area contributed by atoms with Crippen molar-refractivity contribution < 1.29 is 12.4 Å². The van der Waals surface area contributed by atoms with Crippen LogP contribution in [0.25, 0.3) is 0 Å². The Morgan fingerprint density at radius 2 is 0.865 bits per heavy atom. The summed E-state index contributed by atoms with van der Waals surface area (Å²) in [6.07, 6.45) is 0.960. The lowest BCUT2D eigenvalue weighted by atomic mass is 9.97. The van der Waals surface area contributed by atoms with Crippen molar-refractivity contribution in [3.63, 3.8) is 0 Å². The maximum absolute atomic E-state index is 2.42. The highest BCUT2D eigenvalue weighted by Crippen LogP contribution is 2.55. The molecule has 0 heterocycles. The summed E-state index contributed by atoms with van der Waals surface area (Å²) in [6.45, 7) is 4.62. The molecule has 3 N–H and O–H groups in total. The molecule has 5 rings (SSSR count). The maximum Gasteiger partial charge on any atom is 0.144 e. The van der Waals surface area contributed by atoms with Crippen LogP contribution in [0.4, 0.5) is 0 Å². The number of benzene rings is 5. The van der Waals surface area contributed by atoms with E-state index >= 15 is 0 Å². The molecule has 0 aliphatic rings. The standard InChI is InChI=1S/C33H30P.2ClH.H3N/c1-26-27(2)33(24-23-29(26)25-28-15-7-3-8-16-28)34(30-17-9-4-10-18-30,31-19-11-5-12-20-31)32-21-13-6-14-22-32;;;/h3-24H,25H2,1-2H3;2*1H;1H3/q+1;;;/p-1.